The molecule has 1 aliphatic carbocycles. The molecule has 2 aromatic carbocycles. The summed E-state index contributed by atoms with van der Waals surface area (Å²) in [5.74, 6) is 1.56. The number of piperidine rings is 1. The molecule has 164 valence electrons. The summed E-state index contributed by atoms with van der Waals surface area (Å²) in [5.41, 5.74) is 2.14. The van der Waals surface area contributed by atoms with Gasteiger partial charge in [-0.15, -0.1) is 0 Å². The highest BCUT2D eigenvalue weighted by Gasteiger charge is 2.36. The Morgan fingerprint density at radius 1 is 1.00 bits per heavy atom. The number of fused-ring (bicyclic) bond motifs is 1. The van der Waals surface area contributed by atoms with Gasteiger partial charge in [0.1, 0.15) is 11.5 Å². The van der Waals surface area contributed by atoms with Crippen molar-refractivity contribution in [2.75, 3.05) is 19.0 Å². The normalized spacial score (nSPS) is 20.5. The minimum atomic E-state index is -0.592. The number of hydrogen-bond acceptors (Lipinski definition) is 4. The van der Waals surface area contributed by atoms with Crippen LogP contribution in [0.1, 0.15) is 54.4 Å². The van der Waals surface area contributed by atoms with Crippen molar-refractivity contribution in [3.05, 3.63) is 53.6 Å². The third-order valence-electron chi connectivity index (χ3n) is 6.41. The second kappa shape index (κ2) is 9.41. The fourth-order valence-electron chi connectivity index (χ4n) is 4.83. The molecule has 1 heterocycles. The first-order valence-corrected chi connectivity index (χ1v) is 11.1. The lowest BCUT2D eigenvalue weighted by molar-refractivity contribution is 0.0388. The number of rotatable bonds is 4. The first-order chi connectivity index (χ1) is 15.0. The zero-order chi connectivity index (χ0) is 21.8. The molecule has 2 atom stereocenters. The predicted octanol–water partition coefficient (Wildman–Crippen LogP) is 5.41. The quantitative estimate of drug-likeness (QED) is 0.715. The molecule has 0 radical (unpaired) electrons. The average Bonchev–Trinajstić information content (AvgIpc) is 2.79. The molecule has 4 rings (SSSR count). The maximum Gasteiger partial charge on any atom is 0.417 e. The van der Waals surface area contributed by atoms with Gasteiger partial charge in [0.05, 0.1) is 12.7 Å². The highest BCUT2D eigenvalue weighted by Crippen LogP contribution is 2.37. The van der Waals surface area contributed by atoms with Gasteiger partial charge in [0, 0.05) is 24.3 Å². The lowest BCUT2D eigenvalue weighted by Gasteiger charge is -2.44. The van der Waals surface area contributed by atoms with Gasteiger partial charge in [-0.05, 0) is 62.8 Å². The molecule has 0 spiro atoms. The summed E-state index contributed by atoms with van der Waals surface area (Å²) < 4.78 is 10.8. The number of ether oxygens (including phenoxy) is 2. The van der Waals surface area contributed by atoms with Gasteiger partial charge >= 0.3 is 6.09 Å². The standard InChI is InChI=1S/C25H30N2O4/c1-17-9-12-20(13-10-17)31-25(29)26-19-11-14-21(23(16-19)30-2)24(28)27-15-5-7-18-6-3-4-8-22(18)27/h9-14,16,18,22H,3-8,15H2,1-2H3,(H,26,29)/t18-,22-/m1/s1. The number of likely N-dealkylation sites (tertiary alicyclic amines) is 1. The van der Waals surface area contributed by atoms with E-state index in [1.54, 1.807) is 37.4 Å². The molecule has 0 aromatic heterocycles. The van der Waals surface area contributed by atoms with Crippen LogP contribution >= 0.6 is 0 Å². The molecule has 1 N–H and O–H groups in total. The summed E-state index contributed by atoms with van der Waals surface area (Å²) in [6.07, 6.45) is 6.45. The van der Waals surface area contributed by atoms with Crippen LogP contribution in [0.15, 0.2) is 42.5 Å². The van der Waals surface area contributed by atoms with Crippen LogP contribution in [-0.4, -0.2) is 36.6 Å². The van der Waals surface area contributed by atoms with Gasteiger partial charge in [0.2, 0.25) is 0 Å². The maximum absolute atomic E-state index is 13.4. The zero-order valence-electron chi connectivity index (χ0n) is 18.2. The SMILES string of the molecule is COc1cc(NC(=O)Oc2ccc(C)cc2)ccc1C(=O)N1CCC[C@H]2CCCC[C@H]21. The lowest BCUT2D eigenvalue weighted by atomic mass is 9.78. The smallest absolute Gasteiger partial charge is 0.417 e. The Labute approximate surface area is 183 Å². The molecule has 2 aromatic rings. The fraction of sp³-hybridized carbons (Fsp3) is 0.440. The number of carbonyl (C=O) groups is 2. The molecule has 31 heavy (non-hydrogen) atoms. The van der Waals surface area contributed by atoms with Crippen molar-refractivity contribution < 1.29 is 19.1 Å². The van der Waals surface area contributed by atoms with E-state index in [1.165, 1.54) is 25.7 Å². The van der Waals surface area contributed by atoms with Crippen LogP contribution in [0.25, 0.3) is 0 Å². The third kappa shape index (κ3) is 4.84. The van der Waals surface area contributed by atoms with Gasteiger partial charge in [0.25, 0.3) is 5.91 Å². The zero-order valence-corrected chi connectivity index (χ0v) is 18.2. The minimum Gasteiger partial charge on any atom is -0.496 e. The Morgan fingerprint density at radius 2 is 1.74 bits per heavy atom. The summed E-state index contributed by atoms with van der Waals surface area (Å²) in [6.45, 7) is 2.77. The summed E-state index contributed by atoms with van der Waals surface area (Å²) in [4.78, 5) is 27.7. The highest BCUT2D eigenvalue weighted by atomic mass is 16.6. The topological polar surface area (TPSA) is 67.9 Å². The Hall–Kier alpha value is -3.02. The number of amides is 2. The minimum absolute atomic E-state index is 0.0160. The van der Waals surface area contributed by atoms with E-state index in [4.69, 9.17) is 9.47 Å². The second-order valence-corrected chi connectivity index (χ2v) is 8.50. The van der Waals surface area contributed by atoms with E-state index in [2.05, 4.69) is 5.32 Å². The molecular formula is C25H30N2O4. The van der Waals surface area contributed by atoms with E-state index in [9.17, 15) is 9.59 Å². The van der Waals surface area contributed by atoms with Crippen molar-refractivity contribution in [3.63, 3.8) is 0 Å². The molecule has 2 fully saturated rings. The number of aryl methyl sites for hydroxylation is 1. The van der Waals surface area contributed by atoms with Crippen molar-refractivity contribution in [1.29, 1.82) is 0 Å². The van der Waals surface area contributed by atoms with Crippen LogP contribution in [0.5, 0.6) is 11.5 Å². The number of nitrogens with one attached hydrogen (secondary N) is 1. The Kier molecular flexibility index (Phi) is 6.44. The number of methoxy groups -OCH3 is 1. The van der Waals surface area contributed by atoms with Crippen LogP contribution in [0, 0.1) is 12.8 Å². The van der Waals surface area contributed by atoms with Gasteiger partial charge in [-0.25, -0.2) is 4.79 Å². The van der Waals surface area contributed by atoms with Crippen molar-refractivity contribution in [2.45, 2.75) is 51.5 Å². The number of hydrogen-bond donors (Lipinski definition) is 1. The Bertz CT molecular complexity index is 939. The van der Waals surface area contributed by atoms with E-state index < -0.39 is 6.09 Å². The largest absolute Gasteiger partial charge is 0.496 e. The van der Waals surface area contributed by atoms with Gasteiger partial charge < -0.3 is 14.4 Å². The molecule has 0 unspecified atom stereocenters. The number of anilines is 1. The summed E-state index contributed by atoms with van der Waals surface area (Å²) in [5, 5.41) is 2.70. The number of nitrogens with zero attached hydrogens (tertiary/aromatic N) is 1. The summed E-state index contributed by atoms with van der Waals surface area (Å²) in [6, 6.07) is 12.7. The van der Waals surface area contributed by atoms with E-state index in [0.29, 0.717) is 34.7 Å². The lowest BCUT2D eigenvalue weighted by Crippen LogP contribution is -2.49. The van der Waals surface area contributed by atoms with Gasteiger partial charge in [-0.1, -0.05) is 30.5 Å². The number of carbonyl (C=O) groups excluding carboxylic acids is 2. The Morgan fingerprint density at radius 3 is 2.52 bits per heavy atom. The van der Waals surface area contributed by atoms with Crippen molar-refractivity contribution >= 4 is 17.7 Å². The van der Waals surface area contributed by atoms with Crippen molar-refractivity contribution in [3.8, 4) is 11.5 Å². The van der Waals surface area contributed by atoms with Crippen LogP contribution < -0.4 is 14.8 Å². The third-order valence-corrected chi connectivity index (χ3v) is 6.41. The average molecular weight is 423 g/mol. The van der Waals surface area contributed by atoms with Gasteiger partial charge in [-0.2, -0.15) is 0 Å². The molecule has 0 bridgehead atoms. The Balaban J connectivity index is 1.46. The monoisotopic (exact) mass is 422 g/mol. The van der Waals surface area contributed by atoms with Crippen molar-refractivity contribution in [1.82, 2.24) is 4.90 Å². The van der Waals surface area contributed by atoms with Gasteiger partial charge in [0.15, 0.2) is 0 Å². The molecular weight excluding hydrogens is 392 g/mol. The van der Waals surface area contributed by atoms with Crippen LogP contribution in [0.3, 0.4) is 0 Å². The van der Waals surface area contributed by atoms with Crippen LogP contribution in [0.2, 0.25) is 0 Å². The van der Waals surface area contributed by atoms with E-state index in [-0.39, 0.29) is 5.91 Å². The number of benzene rings is 2. The van der Waals surface area contributed by atoms with Gasteiger partial charge in [-0.3, -0.25) is 10.1 Å². The molecule has 6 heteroatoms. The summed E-state index contributed by atoms with van der Waals surface area (Å²) in [7, 11) is 1.54. The summed E-state index contributed by atoms with van der Waals surface area (Å²) >= 11 is 0. The van der Waals surface area contributed by atoms with E-state index in [1.807, 2.05) is 24.0 Å². The molecule has 1 aliphatic heterocycles. The van der Waals surface area contributed by atoms with Crippen molar-refractivity contribution in [2.24, 2.45) is 5.92 Å². The molecule has 1 saturated heterocycles. The molecule has 1 saturated carbocycles. The first kappa shape index (κ1) is 21.2. The second-order valence-electron chi connectivity index (χ2n) is 8.50. The highest BCUT2D eigenvalue weighted by molar-refractivity contribution is 5.98. The van der Waals surface area contributed by atoms with E-state index >= 15 is 0 Å². The first-order valence-electron chi connectivity index (χ1n) is 11.1. The maximum atomic E-state index is 13.4. The molecule has 2 amide bonds. The molecule has 2 aliphatic rings. The van der Waals surface area contributed by atoms with Crippen LogP contribution in [0.4, 0.5) is 10.5 Å². The molecule has 6 nitrogen and oxygen atoms in total. The predicted molar refractivity (Wildman–Crippen MR) is 120 cm³/mol. The fourth-order valence-corrected chi connectivity index (χ4v) is 4.83. The van der Waals surface area contributed by atoms with Crippen LogP contribution in [-0.2, 0) is 0 Å². The van der Waals surface area contributed by atoms with E-state index in [0.717, 1.165) is 24.9 Å².